The van der Waals surface area contributed by atoms with Gasteiger partial charge in [-0.1, -0.05) is 6.07 Å². The second-order valence-electron chi connectivity index (χ2n) is 4.90. The van der Waals surface area contributed by atoms with E-state index >= 15 is 0 Å². The number of nitrogens with zero attached hydrogens (tertiary/aromatic N) is 2. The van der Waals surface area contributed by atoms with E-state index in [-0.39, 0.29) is 16.6 Å². The highest BCUT2D eigenvalue weighted by molar-refractivity contribution is 9.10. The standard InChI is InChI=1S/C14H15Br2F2N3/c1-7(2)21-14(9(15)6-20-21)13(19-3)8-4-5-10(17)12(18)11(8)16/h4-7,13,19H,1-3H3. The number of hydrogen-bond donors (Lipinski definition) is 1. The normalized spacial score (nSPS) is 13.0. The van der Waals surface area contributed by atoms with Crippen LogP contribution in [-0.4, -0.2) is 16.8 Å². The first-order valence-electron chi connectivity index (χ1n) is 6.42. The van der Waals surface area contributed by atoms with Crippen LogP contribution in [0.5, 0.6) is 0 Å². The summed E-state index contributed by atoms with van der Waals surface area (Å²) in [7, 11) is 1.77. The van der Waals surface area contributed by atoms with E-state index < -0.39 is 11.6 Å². The molecule has 0 fully saturated rings. The highest BCUT2D eigenvalue weighted by atomic mass is 79.9. The topological polar surface area (TPSA) is 29.9 Å². The molecule has 3 nitrogen and oxygen atoms in total. The van der Waals surface area contributed by atoms with E-state index in [0.717, 1.165) is 16.2 Å². The molecule has 0 saturated carbocycles. The maximum absolute atomic E-state index is 13.8. The van der Waals surface area contributed by atoms with Crippen molar-refractivity contribution in [2.24, 2.45) is 0 Å². The van der Waals surface area contributed by atoms with Crippen molar-refractivity contribution in [1.82, 2.24) is 15.1 Å². The van der Waals surface area contributed by atoms with Gasteiger partial charge in [-0.2, -0.15) is 5.10 Å². The Hall–Kier alpha value is -0.790. The summed E-state index contributed by atoms with van der Waals surface area (Å²) < 4.78 is 29.9. The number of hydrogen-bond acceptors (Lipinski definition) is 2. The molecule has 0 aliphatic rings. The van der Waals surface area contributed by atoms with E-state index in [4.69, 9.17) is 0 Å². The third-order valence-corrected chi connectivity index (χ3v) is 4.63. The number of rotatable bonds is 4. The minimum absolute atomic E-state index is 0.116. The fourth-order valence-electron chi connectivity index (χ4n) is 2.24. The SMILES string of the molecule is CNC(c1ccc(F)c(F)c1Br)c1c(Br)cnn1C(C)C. The van der Waals surface area contributed by atoms with Gasteiger partial charge in [0.25, 0.3) is 0 Å². The van der Waals surface area contributed by atoms with Crippen molar-refractivity contribution < 1.29 is 8.78 Å². The molecule has 114 valence electrons. The van der Waals surface area contributed by atoms with E-state index in [1.54, 1.807) is 19.3 Å². The summed E-state index contributed by atoms with van der Waals surface area (Å²) >= 11 is 6.62. The van der Waals surface area contributed by atoms with Gasteiger partial charge in [0.15, 0.2) is 11.6 Å². The molecule has 1 unspecified atom stereocenters. The smallest absolute Gasteiger partial charge is 0.173 e. The van der Waals surface area contributed by atoms with Gasteiger partial charge in [-0.15, -0.1) is 0 Å². The van der Waals surface area contributed by atoms with Crippen molar-refractivity contribution >= 4 is 31.9 Å². The van der Waals surface area contributed by atoms with Gasteiger partial charge < -0.3 is 5.32 Å². The Morgan fingerprint density at radius 1 is 1.24 bits per heavy atom. The lowest BCUT2D eigenvalue weighted by molar-refractivity contribution is 0.476. The molecule has 0 saturated heterocycles. The van der Waals surface area contributed by atoms with Crippen molar-refractivity contribution in [3.63, 3.8) is 0 Å². The Bertz CT molecular complexity index is 656. The first-order valence-corrected chi connectivity index (χ1v) is 8.00. The number of aromatic nitrogens is 2. The van der Waals surface area contributed by atoms with Crippen LogP contribution < -0.4 is 5.32 Å². The van der Waals surface area contributed by atoms with E-state index in [0.29, 0.717) is 5.56 Å². The van der Waals surface area contributed by atoms with E-state index in [2.05, 4.69) is 42.3 Å². The summed E-state index contributed by atoms with van der Waals surface area (Å²) in [4.78, 5) is 0. The largest absolute Gasteiger partial charge is 0.308 e. The maximum Gasteiger partial charge on any atom is 0.173 e. The van der Waals surface area contributed by atoms with Crippen molar-refractivity contribution in [2.75, 3.05) is 7.05 Å². The molecule has 0 spiro atoms. The molecule has 1 atom stereocenters. The molecule has 0 bridgehead atoms. The highest BCUT2D eigenvalue weighted by Gasteiger charge is 2.25. The average molecular weight is 423 g/mol. The molecular formula is C14H15Br2F2N3. The molecule has 0 amide bonds. The van der Waals surface area contributed by atoms with Gasteiger partial charge in [-0.05, 0) is 64.4 Å². The lowest BCUT2D eigenvalue weighted by Crippen LogP contribution is -2.23. The fourth-order valence-corrected chi connectivity index (χ4v) is 3.29. The fraction of sp³-hybridized carbons (Fsp3) is 0.357. The molecule has 7 heteroatoms. The molecule has 21 heavy (non-hydrogen) atoms. The summed E-state index contributed by atoms with van der Waals surface area (Å²) in [6, 6.07) is 2.51. The van der Waals surface area contributed by atoms with Crippen LogP contribution in [0.25, 0.3) is 0 Å². The number of halogens is 4. The Kier molecular flexibility index (Phi) is 5.16. The molecule has 2 aromatic rings. The minimum Gasteiger partial charge on any atom is -0.308 e. The quantitative estimate of drug-likeness (QED) is 0.731. The maximum atomic E-state index is 13.8. The van der Waals surface area contributed by atoms with Crippen LogP contribution in [0.1, 0.15) is 37.2 Å². The summed E-state index contributed by atoms with van der Waals surface area (Å²) in [6.07, 6.45) is 1.70. The van der Waals surface area contributed by atoms with Gasteiger partial charge >= 0.3 is 0 Å². The summed E-state index contributed by atoms with van der Waals surface area (Å²) in [5.41, 5.74) is 1.47. The van der Waals surface area contributed by atoms with Gasteiger partial charge in [0.2, 0.25) is 0 Å². The summed E-state index contributed by atoms with van der Waals surface area (Å²) in [6.45, 7) is 4.02. The second kappa shape index (κ2) is 6.54. The number of benzene rings is 1. The van der Waals surface area contributed by atoms with Crippen molar-refractivity contribution in [2.45, 2.75) is 25.9 Å². The second-order valence-corrected chi connectivity index (χ2v) is 6.55. The van der Waals surface area contributed by atoms with Crippen LogP contribution in [-0.2, 0) is 0 Å². The molecule has 1 heterocycles. The minimum atomic E-state index is -0.889. The Morgan fingerprint density at radius 2 is 1.90 bits per heavy atom. The zero-order valence-electron chi connectivity index (χ0n) is 11.8. The van der Waals surface area contributed by atoms with Crippen molar-refractivity contribution in [3.8, 4) is 0 Å². The summed E-state index contributed by atoms with van der Waals surface area (Å²) in [5.74, 6) is -1.77. The Balaban J connectivity index is 2.61. The molecule has 0 radical (unpaired) electrons. The van der Waals surface area contributed by atoms with Crippen LogP contribution in [0, 0.1) is 11.6 Å². The van der Waals surface area contributed by atoms with E-state index in [1.165, 1.54) is 0 Å². The first-order chi connectivity index (χ1) is 9.88. The third kappa shape index (κ3) is 3.05. The van der Waals surface area contributed by atoms with Gasteiger partial charge in [-0.3, -0.25) is 4.68 Å². The zero-order chi connectivity index (χ0) is 15.7. The molecule has 2 rings (SSSR count). The van der Waals surface area contributed by atoms with Crippen LogP contribution in [0.3, 0.4) is 0 Å². The first kappa shape index (κ1) is 16.6. The highest BCUT2D eigenvalue weighted by Crippen LogP contribution is 2.35. The third-order valence-electron chi connectivity index (χ3n) is 3.21. The molecular weight excluding hydrogens is 408 g/mol. The lowest BCUT2D eigenvalue weighted by Gasteiger charge is -2.22. The molecule has 1 N–H and O–H groups in total. The molecule has 0 aliphatic heterocycles. The van der Waals surface area contributed by atoms with Crippen molar-refractivity contribution in [1.29, 1.82) is 0 Å². The molecule has 1 aromatic carbocycles. The van der Waals surface area contributed by atoms with Gasteiger partial charge in [-0.25, -0.2) is 8.78 Å². The zero-order valence-corrected chi connectivity index (χ0v) is 15.0. The lowest BCUT2D eigenvalue weighted by atomic mass is 10.0. The van der Waals surface area contributed by atoms with Gasteiger partial charge in [0.05, 0.1) is 26.9 Å². The predicted molar refractivity (Wildman–Crippen MR) is 85.3 cm³/mol. The van der Waals surface area contributed by atoms with Gasteiger partial charge in [0, 0.05) is 6.04 Å². The molecule has 1 aromatic heterocycles. The Morgan fingerprint density at radius 3 is 2.48 bits per heavy atom. The Labute approximate surface area is 139 Å². The van der Waals surface area contributed by atoms with Crippen molar-refractivity contribution in [3.05, 3.63) is 50.2 Å². The van der Waals surface area contributed by atoms with E-state index in [9.17, 15) is 8.78 Å². The van der Waals surface area contributed by atoms with Crippen LogP contribution in [0.4, 0.5) is 8.78 Å². The van der Waals surface area contributed by atoms with Crippen LogP contribution >= 0.6 is 31.9 Å². The predicted octanol–water partition coefficient (Wildman–Crippen LogP) is 4.58. The average Bonchev–Trinajstić information content (AvgIpc) is 2.82. The van der Waals surface area contributed by atoms with Crippen LogP contribution in [0.2, 0.25) is 0 Å². The number of nitrogens with one attached hydrogen (secondary N) is 1. The van der Waals surface area contributed by atoms with E-state index in [1.807, 2.05) is 18.5 Å². The van der Waals surface area contributed by atoms with Gasteiger partial charge in [0.1, 0.15) is 0 Å². The summed E-state index contributed by atoms with van der Waals surface area (Å²) in [5, 5.41) is 7.46. The monoisotopic (exact) mass is 421 g/mol. The molecule has 0 aliphatic carbocycles. The van der Waals surface area contributed by atoms with Crippen LogP contribution in [0.15, 0.2) is 27.3 Å².